The SMILES string of the molecule is CC(C(=O)NCc1cccs1)N1CCCC(C)(CO)C1. The third-order valence-electron chi connectivity index (χ3n) is 4.14. The average Bonchev–Trinajstić information content (AvgIpc) is 2.97. The molecule has 1 aromatic rings. The van der Waals surface area contributed by atoms with Gasteiger partial charge in [-0.25, -0.2) is 0 Å². The summed E-state index contributed by atoms with van der Waals surface area (Å²) in [6.07, 6.45) is 2.07. The number of amides is 1. The Bertz CT molecular complexity index is 435. The predicted molar refractivity (Wildman–Crippen MR) is 81.6 cm³/mol. The summed E-state index contributed by atoms with van der Waals surface area (Å²) < 4.78 is 0. The molecule has 2 unspecified atom stereocenters. The highest BCUT2D eigenvalue weighted by Crippen LogP contribution is 2.29. The van der Waals surface area contributed by atoms with Gasteiger partial charge in [-0.3, -0.25) is 9.69 Å². The van der Waals surface area contributed by atoms with Crippen molar-refractivity contribution in [1.29, 1.82) is 0 Å². The van der Waals surface area contributed by atoms with Crippen molar-refractivity contribution in [3.63, 3.8) is 0 Å². The minimum Gasteiger partial charge on any atom is -0.396 e. The molecular weight excluding hydrogens is 272 g/mol. The van der Waals surface area contributed by atoms with Crippen LogP contribution in [-0.2, 0) is 11.3 Å². The second-order valence-electron chi connectivity index (χ2n) is 6.02. The third-order valence-corrected chi connectivity index (χ3v) is 5.01. The van der Waals surface area contributed by atoms with Crippen LogP contribution >= 0.6 is 11.3 Å². The lowest BCUT2D eigenvalue weighted by molar-refractivity contribution is -0.127. The van der Waals surface area contributed by atoms with E-state index in [-0.39, 0.29) is 24.0 Å². The first-order valence-corrected chi connectivity index (χ1v) is 8.07. The van der Waals surface area contributed by atoms with Crippen LogP contribution in [0.2, 0.25) is 0 Å². The van der Waals surface area contributed by atoms with Crippen molar-refractivity contribution in [1.82, 2.24) is 10.2 Å². The zero-order valence-electron chi connectivity index (χ0n) is 12.3. The molecule has 0 bridgehead atoms. The molecule has 1 aliphatic rings. The molecule has 0 spiro atoms. The molecule has 2 atom stereocenters. The number of piperidine rings is 1. The van der Waals surface area contributed by atoms with Crippen molar-refractivity contribution in [3.05, 3.63) is 22.4 Å². The summed E-state index contributed by atoms with van der Waals surface area (Å²) in [5, 5.41) is 14.5. The molecule has 112 valence electrons. The van der Waals surface area contributed by atoms with Crippen LogP contribution < -0.4 is 5.32 Å². The number of aliphatic hydroxyl groups excluding tert-OH is 1. The summed E-state index contributed by atoms with van der Waals surface area (Å²) >= 11 is 1.65. The van der Waals surface area contributed by atoms with Gasteiger partial charge in [0.1, 0.15) is 0 Å². The third kappa shape index (κ3) is 3.81. The zero-order valence-corrected chi connectivity index (χ0v) is 13.1. The number of rotatable bonds is 5. The number of thiophene rings is 1. The fourth-order valence-electron chi connectivity index (χ4n) is 2.72. The van der Waals surface area contributed by atoms with Crippen LogP contribution in [0.25, 0.3) is 0 Å². The first kappa shape index (κ1) is 15.5. The molecule has 1 aromatic heterocycles. The predicted octanol–water partition coefficient (Wildman–Crippen LogP) is 1.85. The number of hydrogen-bond acceptors (Lipinski definition) is 4. The highest BCUT2D eigenvalue weighted by Gasteiger charge is 2.34. The van der Waals surface area contributed by atoms with Gasteiger partial charge in [0.25, 0.3) is 0 Å². The van der Waals surface area contributed by atoms with E-state index in [1.54, 1.807) is 11.3 Å². The molecule has 1 saturated heterocycles. The molecular formula is C15H24N2O2S. The van der Waals surface area contributed by atoms with E-state index < -0.39 is 0 Å². The average molecular weight is 296 g/mol. The molecule has 1 fully saturated rings. The first-order valence-electron chi connectivity index (χ1n) is 7.19. The molecule has 0 aliphatic carbocycles. The molecule has 2 rings (SSSR count). The van der Waals surface area contributed by atoms with Crippen LogP contribution in [0.5, 0.6) is 0 Å². The molecule has 2 N–H and O–H groups in total. The molecule has 0 aromatic carbocycles. The van der Waals surface area contributed by atoms with Crippen LogP contribution in [0, 0.1) is 5.41 Å². The summed E-state index contributed by atoms with van der Waals surface area (Å²) in [5.41, 5.74) is -0.0689. The van der Waals surface area contributed by atoms with Crippen LogP contribution in [0.3, 0.4) is 0 Å². The number of carbonyl (C=O) groups excluding carboxylic acids is 1. The number of aliphatic hydroxyl groups is 1. The van der Waals surface area contributed by atoms with E-state index in [1.807, 2.05) is 24.4 Å². The maximum absolute atomic E-state index is 12.2. The largest absolute Gasteiger partial charge is 0.396 e. The topological polar surface area (TPSA) is 52.6 Å². The minimum absolute atomic E-state index is 0.0689. The van der Waals surface area contributed by atoms with E-state index in [2.05, 4.69) is 17.1 Å². The van der Waals surface area contributed by atoms with Crippen LogP contribution in [0.4, 0.5) is 0 Å². The minimum atomic E-state index is -0.138. The first-order chi connectivity index (χ1) is 9.54. The Morgan fingerprint density at radius 2 is 2.45 bits per heavy atom. The van der Waals surface area contributed by atoms with Gasteiger partial charge in [0, 0.05) is 23.4 Å². The zero-order chi connectivity index (χ0) is 14.6. The molecule has 0 radical (unpaired) electrons. The monoisotopic (exact) mass is 296 g/mol. The molecule has 1 amide bonds. The maximum Gasteiger partial charge on any atom is 0.237 e. The Balaban J connectivity index is 1.86. The lowest BCUT2D eigenvalue weighted by Crippen LogP contribution is -2.52. The highest BCUT2D eigenvalue weighted by molar-refractivity contribution is 7.09. The summed E-state index contributed by atoms with van der Waals surface area (Å²) in [5.74, 6) is 0.0700. The Morgan fingerprint density at radius 3 is 3.10 bits per heavy atom. The standard InChI is InChI=1S/C15H24N2O2S/c1-12(14(19)16-9-13-5-3-8-20-13)17-7-4-6-15(2,10-17)11-18/h3,5,8,12,18H,4,6-7,9-11H2,1-2H3,(H,16,19). The summed E-state index contributed by atoms with van der Waals surface area (Å²) in [6.45, 7) is 6.56. The molecule has 2 heterocycles. The summed E-state index contributed by atoms with van der Waals surface area (Å²) in [7, 11) is 0. The van der Waals surface area contributed by atoms with Gasteiger partial charge in [-0.2, -0.15) is 0 Å². The van der Waals surface area contributed by atoms with Crippen LogP contribution in [0.15, 0.2) is 17.5 Å². The van der Waals surface area contributed by atoms with Gasteiger partial charge in [0.05, 0.1) is 12.6 Å². The van der Waals surface area contributed by atoms with Crippen LogP contribution in [0.1, 0.15) is 31.6 Å². The van der Waals surface area contributed by atoms with E-state index in [1.165, 1.54) is 4.88 Å². The van der Waals surface area contributed by atoms with E-state index in [0.29, 0.717) is 6.54 Å². The number of nitrogens with one attached hydrogen (secondary N) is 1. The maximum atomic E-state index is 12.2. The van der Waals surface area contributed by atoms with Gasteiger partial charge in [-0.15, -0.1) is 11.3 Å². The van der Waals surface area contributed by atoms with Crippen molar-refractivity contribution in [2.45, 2.75) is 39.3 Å². The Hall–Kier alpha value is -0.910. The number of carbonyl (C=O) groups is 1. The highest BCUT2D eigenvalue weighted by atomic mass is 32.1. The molecule has 4 nitrogen and oxygen atoms in total. The Labute approximate surface area is 124 Å². The number of hydrogen-bond donors (Lipinski definition) is 2. The second kappa shape index (κ2) is 6.70. The smallest absolute Gasteiger partial charge is 0.237 e. The lowest BCUT2D eigenvalue weighted by atomic mass is 9.82. The molecule has 0 saturated carbocycles. The van der Waals surface area contributed by atoms with E-state index >= 15 is 0 Å². The normalized spacial score (nSPS) is 25.4. The fraction of sp³-hybridized carbons (Fsp3) is 0.667. The van der Waals surface area contributed by atoms with Crippen molar-refractivity contribution in [2.24, 2.45) is 5.41 Å². The van der Waals surface area contributed by atoms with Gasteiger partial charge in [-0.05, 0) is 37.8 Å². The summed E-state index contributed by atoms with van der Waals surface area (Å²) in [4.78, 5) is 15.6. The molecule has 1 aliphatic heterocycles. The Morgan fingerprint density at radius 1 is 1.65 bits per heavy atom. The fourth-order valence-corrected chi connectivity index (χ4v) is 3.36. The quantitative estimate of drug-likeness (QED) is 0.872. The van der Waals surface area contributed by atoms with E-state index in [0.717, 1.165) is 25.9 Å². The van der Waals surface area contributed by atoms with Crippen molar-refractivity contribution < 1.29 is 9.90 Å². The lowest BCUT2D eigenvalue weighted by Gasteiger charge is -2.41. The van der Waals surface area contributed by atoms with Gasteiger partial charge >= 0.3 is 0 Å². The van der Waals surface area contributed by atoms with Gasteiger partial charge in [0.2, 0.25) is 5.91 Å². The van der Waals surface area contributed by atoms with Gasteiger partial charge in [-0.1, -0.05) is 13.0 Å². The molecule has 20 heavy (non-hydrogen) atoms. The second-order valence-corrected chi connectivity index (χ2v) is 7.05. The van der Waals surface area contributed by atoms with E-state index in [4.69, 9.17) is 0 Å². The van der Waals surface area contributed by atoms with Crippen LogP contribution in [-0.4, -0.2) is 41.7 Å². The summed E-state index contributed by atoms with van der Waals surface area (Å²) in [6, 6.07) is 3.88. The molecule has 5 heteroatoms. The van der Waals surface area contributed by atoms with Crippen molar-refractivity contribution in [2.75, 3.05) is 19.7 Å². The van der Waals surface area contributed by atoms with E-state index in [9.17, 15) is 9.90 Å². The number of likely N-dealkylation sites (tertiary alicyclic amines) is 1. The van der Waals surface area contributed by atoms with Crippen molar-refractivity contribution >= 4 is 17.2 Å². The van der Waals surface area contributed by atoms with Gasteiger partial charge in [0.15, 0.2) is 0 Å². The Kier molecular flexibility index (Phi) is 5.18. The number of nitrogens with zero attached hydrogens (tertiary/aromatic N) is 1. The van der Waals surface area contributed by atoms with Gasteiger partial charge < -0.3 is 10.4 Å². The van der Waals surface area contributed by atoms with Crippen molar-refractivity contribution in [3.8, 4) is 0 Å².